The lowest BCUT2D eigenvalue weighted by Gasteiger charge is -2.32. The average Bonchev–Trinajstić information content (AvgIpc) is 2.75. The number of hydrogen-bond acceptors (Lipinski definition) is 6. The number of piperidine rings is 1. The van der Waals surface area contributed by atoms with E-state index in [1.807, 2.05) is 18.2 Å². The van der Waals surface area contributed by atoms with Crippen LogP contribution in [0.3, 0.4) is 0 Å². The summed E-state index contributed by atoms with van der Waals surface area (Å²) in [6, 6.07) is 6.54. The van der Waals surface area contributed by atoms with E-state index < -0.39 is 6.10 Å². The summed E-state index contributed by atoms with van der Waals surface area (Å²) in [4.78, 5) is 4.63. The minimum absolute atomic E-state index is 0.192. The fourth-order valence-corrected chi connectivity index (χ4v) is 4.51. The molecule has 0 amide bonds. The van der Waals surface area contributed by atoms with E-state index in [4.69, 9.17) is 9.47 Å². The average molecular weight is 407 g/mol. The maximum Gasteiger partial charge on any atom is 0.124 e. The number of benzene rings is 1. The van der Waals surface area contributed by atoms with E-state index in [1.165, 1.54) is 32.1 Å². The number of likely N-dealkylation sites (tertiary alicyclic amines) is 1. The van der Waals surface area contributed by atoms with Crippen LogP contribution < -0.4 is 9.47 Å². The van der Waals surface area contributed by atoms with Crippen molar-refractivity contribution in [2.75, 3.05) is 40.4 Å². The SMILES string of the molecule is COc1ccc(OC[C@@H](O)CN2CCC(O)CC2)c(CN(C)C2CCCCC2)c1. The summed E-state index contributed by atoms with van der Waals surface area (Å²) in [7, 11) is 3.88. The molecule has 6 heteroatoms. The molecule has 1 saturated carbocycles. The zero-order chi connectivity index (χ0) is 20.6. The summed E-state index contributed by atoms with van der Waals surface area (Å²) in [5.74, 6) is 1.65. The van der Waals surface area contributed by atoms with Gasteiger partial charge < -0.3 is 24.6 Å². The monoisotopic (exact) mass is 406 g/mol. The van der Waals surface area contributed by atoms with Crippen LogP contribution in [-0.2, 0) is 6.54 Å². The first-order valence-corrected chi connectivity index (χ1v) is 11.1. The molecule has 6 nitrogen and oxygen atoms in total. The van der Waals surface area contributed by atoms with Gasteiger partial charge in [-0.3, -0.25) is 4.90 Å². The molecular formula is C23H38N2O4. The van der Waals surface area contributed by atoms with Gasteiger partial charge in [0.05, 0.1) is 13.2 Å². The first kappa shape index (κ1) is 22.3. The molecule has 0 spiro atoms. The van der Waals surface area contributed by atoms with Crippen LogP contribution in [0.4, 0.5) is 0 Å². The van der Waals surface area contributed by atoms with E-state index in [2.05, 4.69) is 16.8 Å². The van der Waals surface area contributed by atoms with Crippen LogP contribution in [0.1, 0.15) is 50.5 Å². The summed E-state index contributed by atoms with van der Waals surface area (Å²) >= 11 is 0. The van der Waals surface area contributed by atoms with Crippen LogP contribution in [-0.4, -0.2) is 78.7 Å². The van der Waals surface area contributed by atoms with Crippen molar-refractivity contribution in [3.8, 4) is 11.5 Å². The van der Waals surface area contributed by atoms with Crippen LogP contribution in [0.5, 0.6) is 11.5 Å². The normalized spacial score (nSPS) is 20.7. The predicted molar refractivity (Wildman–Crippen MR) is 115 cm³/mol. The lowest BCUT2D eigenvalue weighted by Crippen LogP contribution is -2.41. The Bertz CT molecular complexity index is 613. The van der Waals surface area contributed by atoms with Gasteiger partial charge in [-0.25, -0.2) is 0 Å². The molecule has 1 aliphatic heterocycles. The zero-order valence-electron chi connectivity index (χ0n) is 18.1. The van der Waals surface area contributed by atoms with Gasteiger partial charge in [0, 0.05) is 37.8 Å². The van der Waals surface area contributed by atoms with Crippen molar-refractivity contribution in [1.82, 2.24) is 9.80 Å². The number of ether oxygens (including phenoxy) is 2. The van der Waals surface area contributed by atoms with Gasteiger partial charge in [0.15, 0.2) is 0 Å². The summed E-state index contributed by atoms with van der Waals surface area (Å²) in [6.45, 7) is 3.33. The Morgan fingerprint density at radius 2 is 1.86 bits per heavy atom. The molecule has 1 aromatic carbocycles. The minimum atomic E-state index is -0.545. The Labute approximate surface area is 175 Å². The predicted octanol–water partition coefficient (Wildman–Crippen LogP) is 2.66. The fraction of sp³-hybridized carbons (Fsp3) is 0.739. The van der Waals surface area contributed by atoms with Crippen LogP contribution in [0.15, 0.2) is 18.2 Å². The van der Waals surface area contributed by atoms with E-state index in [9.17, 15) is 10.2 Å². The van der Waals surface area contributed by atoms with Crippen molar-refractivity contribution in [2.24, 2.45) is 0 Å². The molecule has 0 unspecified atom stereocenters. The maximum absolute atomic E-state index is 10.4. The number of methoxy groups -OCH3 is 1. The fourth-order valence-electron chi connectivity index (χ4n) is 4.51. The van der Waals surface area contributed by atoms with Crippen molar-refractivity contribution < 1.29 is 19.7 Å². The van der Waals surface area contributed by atoms with Gasteiger partial charge >= 0.3 is 0 Å². The molecule has 2 N–H and O–H groups in total. The summed E-state index contributed by atoms with van der Waals surface area (Å²) in [5, 5.41) is 20.1. The quantitative estimate of drug-likeness (QED) is 0.657. The largest absolute Gasteiger partial charge is 0.497 e. The van der Waals surface area contributed by atoms with Gasteiger partial charge in [-0.05, 0) is 50.9 Å². The third-order valence-electron chi connectivity index (χ3n) is 6.34. The Kier molecular flexibility index (Phi) is 8.60. The van der Waals surface area contributed by atoms with Crippen LogP contribution in [0, 0.1) is 0 Å². The molecule has 0 radical (unpaired) electrons. The molecule has 0 bridgehead atoms. The second kappa shape index (κ2) is 11.2. The number of rotatable bonds is 9. The van der Waals surface area contributed by atoms with Crippen LogP contribution in [0.25, 0.3) is 0 Å². The molecule has 1 aliphatic carbocycles. The lowest BCUT2D eigenvalue weighted by atomic mass is 9.94. The Morgan fingerprint density at radius 1 is 1.14 bits per heavy atom. The lowest BCUT2D eigenvalue weighted by molar-refractivity contribution is 0.0334. The van der Waals surface area contributed by atoms with E-state index in [0.29, 0.717) is 12.6 Å². The van der Waals surface area contributed by atoms with E-state index in [0.717, 1.165) is 49.5 Å². The first-order valence-electron chi connectivity index (χ1n) is 11.1. The highest BCUT2D eigenvalue weighted by Crippen LogP contribution is 2.28. The number of aliphatic hydroxyl groups excluding tert-OH is 2. The summed E-state index contributed by atoms with van der Waals surface area (Å²) < 4.78 is 11.5. The molecule has 1 heterocycles. The third kappa shape index (κ3) is 6.85. The Hall–Kier alpha value is -1.34. The topological polar surface area (TPSA) is 65.4 Å². The molecule has 164 valence electrons. The highest BCUT2D eigenvalue weighted by Gasteiger charge is 2.21. The molecule has 0 aromatic heterocycles. The zero-order valence-corrected chi connectivity index (χ0v) is 18.1. The van der Waals surface area contributed by atoms with Crippen molar-refractivity contribution >= 4 is 0 Å². The molecule has 2 aliphatic rings. The Balaban J connectivity index is 1.56. The Morgan fingerprint density at radius 3 is 2.55 bits per heavy atom. The second-order valence-corrected chi connectivity index (χ2v) is 8.68. The molecule has 1 aromatic rings. The van der Waals surface area contributed by atoms with E-state index >= 15 is 0 Å². The molecule has 1 saturated heterocycles. The highest BCUT2D eigenvalue weighted by atomic mass is 16.5. The minimum Gasteiger partial charge on any atom is -0.497 e. The first-order chi connectivity index (χ1) is 14.0. The van der Waals surface area contributed by atoms with Crippen molar-refractivity contribution in [1.29, 1.82) is 0 Å². The third-order valence-corrected chi connectivity index (χ3v) is 6.34. The van der Waals surface area contributed by atoms with Crippen LogP contribution in [0.2, 0.25) is 0 Å². The van der Waals surface area contributed by atoms with E-state index in [-0.39, 0.29) is 12.7 Å². The number of hydrogen-bond donors (Lipinski definition) is 2. The van der Waals surface area contributed by atoms with Crippen molar-refractivity contribution in [3.05, 3.63) is 23.8 Å². The molecule has 29 heavy (non-hydrogen) atoms. The van der Waals surface area contributed by atoms with Gasteiger partial charge in [-0.15, -0.1) is 0 Å². The second-order valence-electron chi connectivity index (χ2n) is 8.68. The standard InChI is InChI=1S/C23H38N2O4/c1-24(19-6-4-3-5-7-19)15-18-14-22(28-2)8-9-23(18)29-17-21(27)16-25-12-10-20(26)11-13-25/h8-9,14,19-21,26-27H,3-7,10-13,15-17H2,1-2H3/t21-/m0/s1. The number of β-amino-alcohol motifs (C(OH)–C–C–N with tert-alkyl or cyclic N) is 1. The van der Waals surface area contributed by atoms with Crippen molar-refractivity contribution in [2.45, 2.75) is 69.7 Å². The summed E-state index contributed by atoms with van der Waals surface area (Å²) in [5.41, 5.74) is 1.10. The van der Waals surface area contributed by atoms with E-state index in [1.54, 1.807) is 7.11 Å². The van der Waals surface area contributed by atoms with Crippen molar-refractivity contribution in [3.63, 3.8) is 0 Å². The number of aliphatic hydroxyl groups is 2. The molecule has 2 fully saturated rings. The molecular weight excluding hydrogens is 368 g/mol. The van der Waals surface area contributed by atoms with Gasteiger partial charge in [0.2, 0.25) is 0 Å². The maximum atomic E-state index is 10.4. The highest BCUT2D eigenvalue weighted by molar-refractivity contribution is 5.40. The van der Waals surface area contributed by atoms with Gasteiger partial charge in [0.1, 0.15) is 24.2 Å². The van der Waals surface area contributed by atoms with Gasteiger partial charge in [-0.1, -0.05) is 19.3 Å². The molecule has 3 rings (SSSR count). The van der Waals surface area contributed by atoms with Crippen LogP contribution >= 0.6 is 0 Å². The smallest absolute Gasteiger partial charge is 0.124 e. The molecule has 1 atom stereocenters. The van der Waals surface area contributed by atoms with Gasteiger partial charge in [0.25, 0.3) is 0 Å². The van der Waals surface area contributed by atoms with Gasteiger partial charge in [-0.2, -0.15) is 0 Å². The summed E-state index contributed by atoms with van der Waals surface area (Å²) in [6.07, 6.45) is 7.34. The number of nitrogens with zero attached hydrogens (tertiary/aromatic N) is 2.